The molecule has 0 aliphatic carbocycles. The molecule has 0 bridgehead atoms. The molecular formula is C17H18N2S. The fourth-order valence-corrected chi connectivity index (χ4v) is 3.52. The van der Waals surface area contributed by atoms with E-state index in [0.717, 1.165) is 11.9 Å². The highest BCUT2D eigenvalue weighted by Gasteiger charge is 2.17. The van der Waals surface area contributed by atoms with Crippen molar-refractivity contribution in [3.05, 3.63) is 65.2 Å². The van der Waals surface area contributed by atoms with E-state index in [1.165, 1.54) is 15.3 Å². The van der Waals surface area contributed by atoms with E-state index in [2.05, 4.69) is 37.3 Å². The van der Waals surface area contributed by atoms with Crippen LogP contribution in [0.5, 0.6) is 0 Å². The molecule has 0 amide bonds. The molecule has 20 heavy (non-hydrogen) atoms. The molecule has 3 heteroatoms. The molecule has 102 valence electrons. The normalized spacial score (nSPS) is 14.3. The molecule has 3 rings (SSSR count). The fourth-order valence-electron chi connectivity index (χ4n) is 2.41. The standard InChI is InChI=1S/C17H18N2S/c1-12(17(18)13-7-3-2-4-8-13)11-16-19-14-9-5-6-10-15(14)20-16/h2-10,12,17H,11,18H2,1H3. The van der Waals surface area contributed by atoms with Crippen LogP contribution >= 0.6 is 11.3 Å². The Morgan fingerprint density at radius 2 is 1.75 bits per heavy atom. The Labute approximate surface area is 123 Å². The third-order valence-corrected chi connectivity index (χ3v) is 4.69. The van der Waals surface area contributed by atoms with Gasteiger partial charge in [-0.3, -0.25) is 0 Å². The third-order valence-electron chi connectivity index (χ3n) is 3.63. The second-order valence-electron chi connectivity index (χ2n) is 5.19. The maximum absolute atomic E-state index is 6.36. The highest BCUT2D eigenvalue weighted by atomic mass is 32.1. The summed E-state index contributed by atoms with van der Waals surface area (Å²) in [4.78, 5) is 4.69. The van der Waals surface area contributed by atoms with E-state index in [0.29, 0.717) is 5.92 Å². The molecule has 0 fully saturated rings. The highest BCUT2D eigenvalue weighted by Crippen LogP contribution is 2.27. The van der Waals surface area contributed by atoms with Crippen LogP contribution in [0.25, 0.3) is 10.2 Å². The van der Waals surface area contributed by atoms with Crippen molar-refractivity contribution in [1.29, 1.82) is 0 Å². The van der Waals surface area contributed by atoms with Gasteiger partial charge in [-0.25, -0.2) is 4.98 Å². The summed E-state index contributed by atoms with van der Waals surface area (Å²) in [6.07, 6.45) is 0.926. The van der Waals surface area contributed by atoms with Crippen molar-refractivity contribution >= 4 is 21.6 Å². The van der Waals surface area contributed by atoms with E-state index in [1.807, 2.05) is 24.3 Å². The first-order valence-electron chi connectivity index (χ1n) is 6.89. The van der Waals surface area contributed by atoms with Gasteiger partial charge in [0.25, 0.3) is 0 Å². The molecular weight excluding hydrogens is 264 g/mol. The van der Waals surface area contributed by atoms with Crippen LogP contribution in [0, 0.1) is 5.92 Å². The van der Waals surface area contributed by atoms with Gasteiger partial charge < -0.3 is 5.73 Å². The maximum Gasteiger partial charge on any atom is 0.0941 e. The molecule has 2 N–H and O–H groups in total. The van der Waals surface area contributed by atoms with Gasteiger partial charge in [0.15, 0.2) is 0 Å². The van der Waals surface area contributed by atoms with Crippen LogP contribution in [0.15, 0.2) is 54.6 Å². The molecule has 3 aromatic rings. The van der Waals surface area contributed by atoms with Gasteiger partial charge in [-0.05, 0) is 23.6 Å². The summed E-state index contributed by atoms with van der Waals surface area (Å²) in [6.45, 7) is 2.20. The number of hydrogen-bond donors (Lipinski definition) is 1. The molecule has 1 heterocycles. The number of benzene rings is 2. The number of aromatic nitrogens is 1. The zero-order chi connectivity index (χ0) is 13.9. The highest BCUT2D eigenvalue weighted by molar-refractivity contribution is 7.18. The Bertz CT molecular complexity index is 657. The summed E-state index contributed by atoms with van der Waals surface area (Å²) in [5.41, 5.74) is 8.64. The maximum atomic E-state index is 6.36. The molecule has 1 aromatic heterocycles. The molecule has 2 aromatic carbocycles. The topological polar surface area (TPSA) is 38.9 Å². The van der Waals surface area contributed by atoms with Crippen LogP contribution in [0.4, 0.5) is 0 Å². The summed E-state index contributed by atoms with van der Waals surface area (Å²) in [6, 6.07) is 18.6. The number of rotatable bonds is 4. The minimum absolute atomic E-state index is 0.0585. The molecule has 2 atom stereocenters. The lowest BCUT2D eigenvalue weighted by atomic mass is 9.93. The van der Waals surface area contributed by atoms with E-state index >= 15 is 0 Å². The molecule has 0 radical (unpaired) electrons. The van der Waals surface area contributed by atoms with Gasteiger partial charge in [-0.1, -0.05) is 49.4 Å². The largest absolute Gasteiger partial charge is 0.324 e. The number of para-hydroxylation sites is 1. The minimum Gasteiger partial charge on any atom is -0.324 e. The van der Waals surface area contributed by atoms with Crippen LogP contribution in [0.2, 0.25) is 0 Å². The van der Waals surface area contributed by atoms with Gasteiger partial charge in [0, 0.05) is 12.5 Å². The third kappa shape index (κ3) is 2.74. The Hall–Kier alpha value is -1.71. The summed E-state index contributed by atoms with van der Waals surface area (Å²) in [5, 5.41) is 1.17. The number of fused-ring (bicyclic) bond motifs is 1. The van der Waals surface area contributed by atoms with Gasteiger partial charge in [0.05, 0.1) is 15.2 Å². The average Bonchev–Trinajstić information content (AvgIpc) is 2.89. The van der Waals surface area contributed by atoms with Crippen molar-refractivity contribution in [3.63, 3.8) is 0 Å². The molecule has 0 aliphatic rings. The number of hydrogen-bond acceptors (Lipinski definition) is 3. The van der Waals surface area contributed by atoms with Gasteiger partial charge in [-0.15, -0.1) is 11.3 Å². The zero-order valence-electron chi connectivity index (χ0n) is 11.5. The Balaban J connectivity index is 1.76. The fraction of sp³-hybridized carbons (Fsp3) is 0.235. The zero-order valence-corrected chi connectivity index (χ0v) is 12.3. The van der Waals surface area contributed by atoms with Gasteiger partial charge >= 0.3 is 0 Å². The first-order chi connectivity index (χ1) is 9.74. The van der Waals surface area contributed by atoms with Crippen molar-refractivity contribution in [2.75, 3.05) is 0 Å². The number of nitrogens with zero attached hydrogens (tertiary/aromatic N) is 1. The molecule has 0 saturated carbocycles. The van der Waals surface area contributed by atoms with Crippen molar-refractivity contribution < 1.29 is 0 Å². The Kier molecular flexibility index (Phi) is 3.81. The monoisotopic (exact) mass is 282 g/mol. The lowest BCUT2D eigenvalue weighted by Crippen LogP contribution is -2.20. The quantitative estimate of drug-likeness (QED) is 0.780. The van der Waals surface area contributed by atoms with Gasteiger partial charge in [-0.2, -0.15) is 0 Å². The summed E-state index contributed by atoms with van der Waals surface area (Å²) in [5.74, 6) is 0.373. The smallest absolute Gasteiger partial charge is 0.0941 e. The minimum atomic E-state index is 0.0585. The van der Waals surface area contributed by atoms with E-state index in [9.17, 15) is 0 Å². The molecule has 0 aliphatic heterocycles. The first kappa shape index (κ1) is 13.3. The molecule has 0 saturated heterocycles. The van der Waals surface area contributed by atoms with Crippen molar-refractivity contribution in [2.45, 2.75) is 19.4 Å². The summed E-state index contributed by atoms with van der Waals surface area (Å²) >= 11 is 1.77. The summed E-state index contributed by atoms with van der Waals surface area (Å²) < 4.78 is 1.25. The summed E-state index contributed by atoms with van der Waals surface area (Å²) in [7, 11) is 0. The van der Waals surface area contributed by atoms with Crippen LogP contribution in [0.1, 0.15) is 23.5 Å². The average molecular weight is 282 g/mol. The van der Waals surface area contributed by atoms with E-state index in [4.69, 9.17) is 10.7 Å². The van der Waals surface area contributed by atoms with Crippen LogP contribution in [-0.4, -0.2) is 4.98 Å². The predicted octanol–water partition coefficient (Wildman–Crippen LogP) is 4.17. The van der Waals surface area contributed by atoms with E-state index in [-0.39, 0.29) is 6.04 Å². The first-order valence-corrected chi connectivity index (χ1v) is 7.70. The van der Waals surface area contributed by atoms with Crippen LogP contribution in [0.3, 0.4) is 0 Å². The van der Waals surface area contributed by atoms with Crippen molar-refractivity contribution in [3.8, 4) is 0 Å². The molecule has 0 spiro atoms. The lowest BCUT2D eigenvalue weighted by Gasteiger charge is -2.19. The van der Waals surface area contributed by atoms with Crippen molar-refractivity contribution in [2.24, 2.45) is 11.7 Å². The van der Waals surface area contributed by atoms with Crippen molar-refractivity contribution in [1.82, 2.24) is 4.98 Å². The Morgan fingerprint density at radius 1 is 1.05 bits per heavy atom. The SMILES string of the molecule is CC(Cc1nc2ccccc2s1)C(N)c1ccccc1. The Morgan fingerprint density at radius 3 is 2.50 bits per heavy atom. The van der Waals surface area contributed by atoms with Crippen LogP contribution in [-0.2, 0) is 6.42 Å². The van der Waals surface area contributed by atoms with E-state index < -0.39 is 0 Å². The second kappa shape index (κ2) is 5.73. The number of nitrogens with two attached hydrogens (primary N) is 1. The molecule has 2 nitrogen and oxygen atoms in total. The van der Waals surface area contributed by atoms with Crippen LogP contribution < -0.4 is 5.73 Å². The number of thiazole rings is 1. The lowest BCUT2D eigenvalue weighted by molar-refractivity contribution is 0.467. The molecule has 2 unspecified atom stereocenters. The van der Waals surface area contributed by atoms with Gasteiger partial charge in [0.2, 0.25) is 0 Å². The second-order valence-corrected chi connectivity index (χ2v) is 6.31. The van der Waals surface area contributed by atoms with E-state index in [1.54, 1.807) is 11.3 Å². The predicted molar refractivity (Wildman–Crippen MR) is 85.9 cm³/mol. The van der Waals surface area contributed by atoms with Gasteiger partial charge in [0.1, 0.15) is 0 Å².